The largest absolute Gasteiger partial charge is 0.469 e. The van der Waals surface area contributed by atoms with Crippen molar-refractivity contribution >= 4 is 5.91 Å². The van der Waals surface area contributed by atoms with Gasteiger partial charge in [-0.1, -0.05) is 13.8 Å². The summed E-state index contributed by atoms with van der Waals surface area (Å²) < 4.78 is 7.41. The molecular weight excluding hydrogens is 280 g/mol. The van der Waals surface area contributed by atoms with Gasteiger partial charge in [0.2, 0.25) is 5.91 Å². The van der Waals surface area contributed by atoms with Gasteiger partial charge in [-0.2, -0.15) is 0 Å². The number of aryl methyl sites for hydroxylation is 2. The maximum absolute atomic E-state index is 12.1. The van der Waals surface area contributed by atoms with E-state index >= 15 is 0 Å². The fraction of sp³-hybridized carbons (Fsp3) is 0.562. The van der Waals surface area contributed by atoms with E-state index in [1.165, 1.54) is 0 Å². The molecule has 22 heavy (non-hydrogen) atoms. The van der Waals surface area contributed by atoms with Crippen LogP contribution in [0.1, 0.15) is 50.0 Å². The lowest BCUT2D eigenvalue weighted by Crippen LogP contribution is -2.41. The highest BCUT2D eigenvalue weighted by Gasteiger charge is 2.24. The second-order valence-corrected chi connectivity index (χ2v) is 6.12. The zero-order valence-corrected chi connectivity index (χ0v) is 13.1. The Hall–Kier alpha value is -2.11. The molecule has 1 atom stereocenters. The summed E-state index contributed by atoms with van der Waals surface area (Å²) in [6.07, 6.45) is 4.51. The molecule has 6 nitrogen and oxygen atoms in total. The molecule has 0 saturated carbocycles. The van der Waals surface area contributed by atoms with Crippen LogP contribution < -0.4 is 5.32 Å². The average molecular weight is 302 g/mol. The zero-order chi connectivity index (χ0) is 15.5. The zero-order valence-electron chi connectivity index (χ0n) is 13.1. The summed E-state index contributed by atoms with van der Waals surface area (Å²) in [5.41, 5.74) is 0. The molecule has 3 rings (SSSR count). The molecule has 0 aromatic carbocycles. The Balaban J connectivity index is 1.55. The third-order valence-corrected chi connectivity index (χ3v) is 4.04. The van der Waals surface area contributed by atoms with Crippen molar-refractivity contribution in [2.75, 3.05) is 0 Å². The third kappa shape index (κ3) is 3.21. The summed E-state index contributed by atoms with van der Waals surface area (Å²) in [6.45, 7) is 4.99. The van der Waals surface area contributed by atoms with Gasteiger partial charge in [0.25, 0.3) is 0 Å². The Morgan fingerprint density at radius 2 is 2.36 bits per heavy atom. The summed E-state index contributed by atoms with van der Waals surface area (Å²) in [4.78, 5) is 12.1. The molecule has 0 fully saturated rings. The van der Waals surface area contributed by atoms with E-state index in [-0.39, 0.29) is 11.9 Å². The van der Waals surface area contributed by atoms with Crippen molar-refractivity contribution in [2.45, 2.75) is 58.0 Å². The van der Waals surface area contributed by atoms with E-state index < -0.39 is 0 Å². The Morgan fingerprint density at radius 1 is 1.50 bits per heavy atom. The van der Waals surface area contributed by atoms with E-state index in [4.69, 9.17) is 4.42 Å². The molecule has 2 aromatic heterocycles. The summed E-state index contributed by atoms with van der Waals surface area (Å²) in [7, 11) is 0. The Bertz CT molecular complexity index is 631. The first kappa shape index (κ1) is 14.8. The van der Waals surface area contributed by atoms with Gasteiger partial charge in [0.1, 0.15) is 17.4 Å². The minimum Gasteiger partial charge on any atom is -0.469 e. The molecule has 3 heterocycles. The van der Waals surface area contributed by atoms with Gasteiger partial charge in [-0.3, -0.25) is 4.79 Å². The topological polar surface area (TPSA) is 73.0 Å². The molecule has 0 aliphatic carbocycles. The van der Waals surface area contributed by atoms with Crippen LogP contribution in [0.3, 0.4) is 0 Å². The maximum atomic E-state index is 12.1. The van der Waals surface area contributed by atoms with Crippen molar-refractivity contribution < 1.29 is 9.21 Å². The fourth-order valence-corrected chi connectivity index (χ4v) is 2.88. The maximum Gasteiger partial charge on any atom is 0.220 e. The second-order valence-electron chi connectivity index (χ2n) is 6.12. The molecule has 1 aliphatic heterocycles. The third-order valence-electron chi connectivity index (χ3n) is 4.04. The van der Waals surface area contributed by atoms with Crippen LogP contribution in [0.5, 0.6) is 0 Å². The first-order valence-corrected chi connectivity index (χ1v) is 7.87. The highest BCUT2D eigenvalue weighted by atomic mass is 16.3. The van der Waals surface area contributed by atoms with Crippen molar-refractivity contribution in [2.24, 2.45) is 0 Å². The molecule has 1 aliphatic rings. The van der Waals surface area contributed by atoms with Crippen molar-refractivity contribution in [1.82, 2.24) is 20.1 Å². The number of carbonyl (C=O) groups is 1. The quantitative estimate of drug-likeness (QED) is 0.917. The molecule has 0 saturated heterocycles. The SMILES string of the molecule is CC(C)c1nnc2n1C[C@@H](NC(=O)CCc1ccco1)CC2. The number of rotatable bonds is 5. The van der Waals surface area contributed by atoms with Gasteiger partial charge in [0, 0.05) is 37.8 Å². The molecule has 0 bridgehead atoms. The van der Waals surface area contributed by atoms with Crippen LogP contribution in [0.4, 0.5) is 0 Å². The van der Waals surface area contributed by atoms with Gasteiger partial charge in [0.05, 0.1) is 6.26 Å². The van der Waals surface area contributed by atoms with Crippen molar-refractivity contribution in [3.63, 3.8) is 0 Å². The minimum absolute atomic E-state index is 0.0732. The van der Waals surface area contributed by atoms with Gasteiger partial charge in [-0.15, -0.1) is 10.2 Å². The molecular formula is C16H22N4O2. The van der Waals surface area contributed by atoms with Crippen molar-refractivity contribution in [3.8, 4) is 0 Å². The second kappa shape index (κ2) is 6.34. The normalized spacial score (nSPS) is 17.5. The first-order chi connectivity index (χ1) is 10.6. The lowest BCUT2D eigenvalue weighted by Gasteiger charge is -2.25. The van der Waals surface area contributed by atoms with E-state index in [1.54, 1.807) is 6.26 Å². The van der Waals surface area contributed by atoms with E-state index in [0.717, 1.165) is 36.8 Å². The molecule has 0 unspecified atom stereocenters. The first-order valence-electron chi connectivity index (χ1n) is 7.87. The van der Waals surface area contributed by atoms with Gasteiger partial charge in [-0.05, 0) is 18.6 Å². The van der Waals surface area contributed by atoms with Crippen LogP contribution in [-0.4, -0.2) is 26.7 Å². The summed E-state index contributed by atoms with van der Waals surface area (Å²) in [5, 5.41) is 11.6. The van der Waals surface area contributed by atoms with E-state index in [9.17, 15) is 4.79 Å². The number of nitrogens with one attached hydrogen (secondary N) is 1. The number of furan rings is 1. The standard InChI is InChI=1S/C16H22N4O2/c1-11(2)16-19-18-14-7-5-12(10-20(14)16)17-15(21)8-6-13-4-3-9-22-13/h3-4,9,11-12H,5-8,10H2,1-2H3,(H,17,21)/t12-/m0/s1. The summed E-state index contributed by atoms with van der Waals surface area (Å²) >= 11 is 0. The monoisotopic (exact) mass is 302 g/mol. The smallest absolute Gasteiger partial charge is 0.220 e. The van der Waals surface area contributed by atoms with Gasteiger partial charge in [-0.25, -0.2) is 0 Å². The average Bonchev–Trinajstić information content (AvgIpc) is 3.14. The number of nitrogens with zero attached hydrogens (tertiary/aromatic N) is 3. The molecule has 2 aromatic rings. The lowest BCUT2D eigenvalue weighted by atomic mass is 10.1. The highest BCUT2D eigenvalue weighted by molar-refractivity contribution is 5.76. The van der Waals surface area contributed by atoms with Crippen LogP contribution in [0.15, 0.2) is 22.8 Å². The van der Waals surface area contributed by atoms with Gasteiger partial charge >= 0.3 is 0 Å². The lowest BCUT2D eigenvalue weighted by molar-refractivity contribution is -0.122. The Labute approximate surface area is 129 Å². The van der Waals surface area contributed by atoms with E-state index in [0.29, 0.717) is 18.8 Å². The van der Waals surface area contributed by atoms with Crippen LogP contribution in [0.2, 0.25) is 0 Å². The highest BCUT2D eigenvalue weighted by Crippen LogP contribution is 2.20. The predicted molar refractivity (Wildman–Crippen MR) is 81.4 cm³/mol. The molecule has 1 amide bonds. The van der Waals surface area contributed by atoms with Crippen LogP contribution in [0.25, 0.3) is 0 Å². The summed E-state index contributed by atoms with van der Waals surface area (Å²) in [6, 6.07) is 3.90. The Kier molecular flexibility index (Phi) is 4.27. The van der Waals surface area contributed by atoms with Crippen molar-refractivity contribution in [1.29, 1.82) is 0 Å². The van der Waals surface area contributed by atoms with Crippen LogP contribution in [-0.2, 0) is 24.2 Å². The van der Waals surface area contributed by atoms with E-state index in [1.807, 2.05) is 12.1 Å². The molecule has 118 valence electrons. The molecule has 0 radical (unpaired) electrons. The number of fused-ring (bicyclic) bond motifs is 1. The molecule has 0 spiro atoms. The number of hydrogen-bond donors (Lipinski definition) is 1. The Morgan fingerprint density at radius 3 is 3.09 bits per heavy atom. The number of amides is 1. The van der Waals surface area contributed by atoms with Crippen molar-refractivity contribution in [3.05, 3.63) is 35.8 Å². The van der Waals surface area contributed by atoms with Gasteiger partial charge < -0.3 is 14.3 Å². The minimum atomic E-state index is 0.0732. The van der Waals surface area contributed by atoms with Crippen LogP contribution >= 0.6 is 0 Å². The van der Waals surface area contributed by atoms with E-state index in [2.05, 4.69) is 33.9 Å². The number of aromatic nitrogens is 3. The summed E-state index contributed by atoms with van der Waals surface area (Å²) in [5.74, 6) is 3.30. The molecule has 1 N–H and O–H groups in total. The van der Waals surface area contributed by atoms with Gasteiger partial charge in [0.15, 0.2) is 0 Å². The molecule has 6 heteroatoms. The number of carbonyl (C=O) groups excluding carboxylic acids is 1. The number of hydrogen-bond acceptors (Lipinski definition) is 4. The van der Waals surface area contributed by atoms with Crippen LogP contribution in [0, 0.1) is 0 Å². The predicted octanol–water partition coefficient (Wildman–Crippen LogP) is 2.06. The fourth-order valence-electron chi connectivity index (χ4n) is 2.88.